The molecular formula is C14H21ClN6O. The van der Waals surface area contributed by atoms with Crippen molar-refractivity contribution < 1.29 is 4.79 Å². The van der Waals surface area contributed by atoms with E-state index in [0.717, 1.165) is 11.3 Å². The fourth-order valence-electron chi connectivity index (χ4n) is 1.82. The van der Waals surface area contributed by atoms with Crippen LogP contribution in [0.2, 0.25) is 0 Å². The van der Waals surface area contributed by atoms with Gasteiger partial charge in [0.05, 0.1) is 11.7 Å². The molecule has 3 N–H and O–H groups in total. The van der Waals surface area contributed by atoms with E-state index in [4.69, 9.17) is 5.73 Å². The second kappa shape index (κ2) is 6.85. The zero-order chi connectivity index (χ0) is 15.6. The molecule has 1 aromatic carbocycles. The maximum Gasteiger partial charge on any atom is 0.241 e. The Labute approximate surface area is 135 Å². The summed E-state index contributed by atoms with van der Waals surface area (Å²) in [7, 11) is 0. The normalized spacial score (nSPS) is 12.4. The summed E-state index contributed by atoms with van der Waals surface area (Å²) in [4.78, 5) is 12.2. The minimum Gasteiger partial charge on any atom is -0.325 e. The Hall–Kier alpha value is -1.99. The maximum absolute atomic E-state index is 12.2. The summed E-state index contributed by atoms with van der Waals surface area (Å²) in [5.74, 6) is -0.214. The summed E-state index contributed by atoms with van der Waals surface area (Å²) >= 11 is 0. The summed E-state index contributed by atoms with van der Waals surface area (Å²) < 4.78 is 1.55. The first-order chi connectivity index (χ1) is 9.79. The van der Waals surface area contributed by atoms with Crippen molar-refractivity contribution in [2.75, 3.05) is 5.32 Å². The lowest BCUT2D eigenvalue weighted by molar-refractivity contribution is -0.119. The summed E-state index contributed by atoms with van der Waals surface area (Å²) in [6, 6.07) is 4.96. The van der Waals surface area contributed by atoms with Crippen molar-refractivity contribution in [3.8, 4) is 5.69 Å². The molecule has 0 saturated heterocycles. The number of hydrogen-bond acceptors (Lipinski definition) is 5. The molecule has 0 radical (unpaired) electrons. The molecule has 0 aliphatic heterocycles. The molecule has 8 heteroatoms. The van der Waals surface area contributed by atoms with E-state index in [1.54, 1.807) is 4.68 Å². The smallest absolute Gasteiger partial charge is 0.241 e. The summed E-state index contributed by atoms with van der Waals surface area (Å²) in [5.41, 5.74) is 8.13. The first-order valence-electron chi connectivity index (χ1n) is 6.69. The Morgan fingerprint density at radius 2 is 2.05 bits per heavy atom. The maximum atomic E-state index is 12.2. The van der Waals surface area contributed by atoms with Crippen molar-refractivity contribution in [1.82, 2.24) is 20.2 Å². The van der Waals surface area contributed by atoms with E-state index in [0.29, 0.717) is 5.69 Å². The highest BCUT2D eigenvalue weighted by Gasteiger charge is 2.27. The fraction of sp³-hybridized carbons (Fsp3) is 0.429. The zero-order valence-corrected chi connectivity index (χ0v) is 13.9. The number of carbonyl (C=O) groups excluding carboxylic acids is 1. The first kappa shape index (κ1) is 18.1. The molecule has 120 valence electrons. The standard InChI is InChI=1S/C14H20N6O.ClH/c1-9-5-6-10(7-11(9)20-8-16-18-19-20)17-13(21)12(15)14(2,3)4;/h5-8,12H,15H2,1-4H3,(H,17,21);1H/t12-;/m1./s1. The number of carbonyl (C=O) groups is 1. The van der Waals surface area contributed by atoms with Gasteiger partial charge in [-0.1, -0.05) is 26.8 Å². The zero-order valence-electron chi connectivity index (χ0n) is 13.1. The van der Waals surface area contributed by atoms with Gasteiger partial charge in [-0.15, -0.1) is 17.5 Å². The SMILES string of the molecule is Cc1ccc(NC(=O)[C@@H](N)C(C)(C)C)cc1-n1cnnn1.Cl. The molecule has 0 fully saturated rings. The minimum atomic E-state index is -0.588. The number of rotatable bonds is 3. The van der Waals surface area contributed by atoms with Crippen molar-refractivity contribution in [1.29, 1.82) is 0 Å². The van der Waals surface area contributed by atoms with Gasteiger partial charge < -0.3 is 11.1 Å². The summed E-state index contributed by atoms with van der Waals surface area (Å²) in [6.07, 6.45) is 1.51. The second-order valence-corrected chi connectivity index (χ2v) is 6.09. The van der Waals surface area contributed by atoms with Crippen LogP contribution in [0.3, 0.4) is 0 Å². The molecule has 22 heavy (non-hydrogen) atoms. The Bertz CT molecular complexity index is 635. The van der Waals surface area contributed by atoms with Gasteiger partial charge >= 0.3 is 0 Å². The van der Waals surface area contributed by atoms with Gasteiger partial charge in [0.15, 0.2) is 0 Å². The molecule has 0 bridgehead atoms. The van der Waals surface area contributed by atoms with E-state index in [2.05, 4.69) is 20.8 Å². The van der Waals surface area contributed by atoms with Gasteiger partial charge in [-0.25, -0.2) is 4.68 Å². The predicted molar refractivity (Wildman–Crippen MR) is 87.2 cm³/mol. The van der Waals surface area contributed by atoms with Crippen LogP contribution in [0.15, 0.2) is 24.5 Å². The number of aromatic nitrogens is 4. The molecule has 0 saturated carbocycles. The minimum absolute atomic E-state index is 0. The van der Waals surface area contributed by atoms with Gasteiger partial charge in [-0.05, 0) is 40.5 Å². The summed E-state index contributed by atoms with van der Waals surface area (Å²) in [5, 5.41) is 13.9. The Kier molecular flexibility index (Phi) is 5.62. The number of nitrogens with two attached hydrogens (primary N) is 1. The fourth-order valence-corrected chi connectivity index (χ4v) is 1.82. The third-order valence-corrected chi connectivity index (χ3v) is 3.29. The Morgan fingerprint density at radius 3 is 2.59 bits per heavy atom. The number of nitrogens with zero attached hydrogens (tertiary/aromatic N) is 4. The van der Waals surface area contributed by atoms with Crippen LogP contribution < -0.4 is 11.1 Å². The lowest BCUT2D eigenvalue weighted by Crippen LogP contribution is -2.45. The number of benzene rings is 1. The van der Waals surface area contributed by atoms with Gasteiger partial charge in [0.1, 0.15) is 6.33 Å². The lowest BCUT2D eigenvalue weighted by Gasteiger charge is -2.25. The van der Waals surface area contributed by atoms with Crippen LogP contribution in [-0.2, 0) is 4.79 Å². The molecule has 2 aromatic rings. The van der Waals surface area contributed by atoms with E-state index in [1.165, 1.54) is 6.33 Å². The van der Waals surface area contributed by atoms with Crippen LogP contribution in [0.4, 0.5) is 5.69 Å². The van der Waals surface area contributed by atoms with Gasteiger partial charge in [0.25, 0.3) is 0 Å². The van der Waals surface area contributed by atoms with Gasteiger partial charge in [-0.2, -0.15) is 0 Å². The van der Waals surface area contributed by atoms with Crippen LogP contribution in [0.25, 0.3) is 5.69 Å². The van der Waals surface area contributed by atoms with Crippen LogP contribution >= 0.6 is 12.4 Å². The van der Waals surface area contributed by atoms with Crippen molar-refractivity contribution in [2.45, 2.75) is 33.7 Å². The molecule has 0 spiro atoms. The third-order valence-electron chi connectivity index (χ3n) is 3.29. The van der Waals surface area contributed by atoms with Crippen LogP contribution in [0, 0.1) is 12.3 Å². The van der Waals surface area contributed by atoms with E-state index >= 15 is 0 Å². The number of anilines is 1. The first-order valence-corrected chi connectivity index (χ1v) is 6.69. The third kappa shape index (κ3) is 4.02. The number of hydrogen-bond donors (Lipinski definition) is 2. The highest BCUT2D eigenvalue weighted by atomic mass is 35.5. The van der Waals surface area contributed by atoms with Crippen LogP contribution in [0.5, 0.6) is 0 Å². The summed E-state index contributed by atoms with van der Waals surface area (Å²) in [6.45, 7) is 7.74. The highest BCUT2D eigenvalue weighted by Crippen LogP contribution is 2.21. The van der Waals surface area contributed by atoms with Crippen molar-refractivity contribution in [2.24, 2.45) is 11.1 Å². The number of aryl methyl sites for hydroxylation is 1. The Balaban J connectivity index is 0.00000242. The van der Waals surface area contributed by atoms with Crippen LogP contribution in [0.1, 0.15) is 26.3 Å². The lowest BCUT2D eigenvalue weighted by atomic mass is 9.87. The van der Waals surface area contributed by atoms with Crippen molar-refractivity contribution >= 4 is 24.0 Å². The van der Waals surface area contributed by atoms with E-state index < -0.39 is 6.04 Å². The molecule has 7 nitrogen and oxygen atoms in total. The molecule has 0 aliphatic rings. The largest absolute Gasteiger partial charge is 0.325 e. The number of tetrazole rings is 1. The predicted octanol–water partition coefficient (Wildman–Crippen LogP) is 1.70. The van der Waals surface area contributed by atoms with Crippen molar-refractivity contribution in [3.05, 3.63) is 30.1 Å². The van der Waals surface area contributed by atoms with Gasteiger partial charge in [0, 0.05) is 5.69 Å². The number of nitrogens with one attached hydrogen (secondary N) is 1. The average molecular weight is 325 g/mol. The molecule has 1 atom stereocenters. The van der Waals surface area contributed by atoms with Gasteiger partial charge in [-0.3, -0.25) is 4.79 Å². The molecular weight excluding hydrogens is 304 g/mol. The average Bonchev–Trinajstić information content (AvgIpc) is 2.92. The monoisotopic (exact) mass is 324 g/mol. The van der Waals surface area contributed by atoms with E-state index in [1.807, 2.05) is 45.9 Å². The quantitative estimate of drug-likeness (QED) is 0.895. The molecule has 1 amide bonds. The topological polar surface area (TPSA) is 98.7 Å². The molecule has 1 heterocycles. The van der Waals surface area contributed by atoms with Gasteiger partial charge in [0.2, 0.25) is 5.91 Å². The van der Waals surface area contributed by atoms with Crippen molar-refractivity contribution in [3.63, 3.8) is 0 Å². The van der Waals surface area contributed by atoms with Crippen LogP contribution in [-0.4, -0.2) is 32.2 Å². The van der Waals surface area contributed by atoms with E-state index in [-0.39, 0.29) is 23.7 Å². The van der Waals surface area contributed by atoms with E-state index in [9.17, 15) is 4.79 Å². The molecule has 0 aliphatic carbocycles. The highest BCUT2D eigenvalue weighted by molar-refractivity contribution is 5.95. The molecule has 0 unspecified atom stereocenters. The second-order valence-electron chi connectivity index (χ2n) is 6.09. The Morgan fingerprint density at radius 1 is 1.36 bits per heavy atom. The number of amides is 1. The molecule has 1 aromatic heterocycles. The molecule has 2 rings (SSSR count). The number of halogens is 1.